The average molecular weight is 483 g/mol. The molecule has 7 heteroatoms. The minimum Gasteiger partial charge on any atom is -1.00 e. The topological polar surface area (TPSA) is 29.5 Å². The van der Waals surface area contributed by atoms with E-state index >= 15 is 0 Å². The van der Waals surface area contributed by atoms with E-state index in [2.05, 4.69) is 14.1 Å². The van der Waals surface area contributed by atoms with Gasteiger partial charge in [-0.2, -0.15) is 0 Å². The predicted molar refractivity (Wildman–Crippen MR) is 110 cm³/mol. The number of benzene rings is 1. The zero-order chi connectivity index (χ0) is 19.7. The number of piperidine rings is 1. The molecule has 2 saturated heterocycles. The fourth-order valence-electron chi connectivity index (χ4n) is 4.85. The van der Waals surface area contributed by atoms with Crippen LogP contribution in [-0.2, 0) is 11.3 Å². The third-order valence-corrected chi connectivity index (χ3v) is 7.54. The maximum absolute atomic E-state index is 14.1. The van der Waals surface area contributed by atoms with Crippen LogP contribution in [0.4, 0.5) is 14.2 Å². The fourth-order valence-corrected chi connectivity index (χ4v) is 5.57. The lowest BCUT2D eigenvalue weighted by Crippen LogP contribution is -3.00. The van der Waals surface area contributed by atoms with Crippen molar-refractivity contribution >= 4 is 22.4 Å². The molecule has 4 rings (SSSR count). The summed E-state index contributed by atoms with van der Waals surface area (Å²) in [5.74, 6) is 0.118. The number of rotatable bonds is 5. The first-order valence-electron chi connectivity index (χ1n) is 9.99. The van der Waals surface area contributed by atoms with E-state index in [0.717, 1.165) is 22.3 Å². The van der Waals surface area contributed by atoms with Crippen molar-refractivity contribution in [2.75, 3.05) is 25.6 Å². The highest BCUT2D eigenvalue weighted by molar-refractivity contribution is 7.14. The van der Waals surface area contributed by atoms with Crippen LogP contribution in [0.3, 0.4) is 0 Å². The second kappa shape index (κ2) is 9.14. The molecule has 4 nitrogen and oxygen atoms in total. The molecule has 2 aliphatic heterocycles. The third kappa shape index (κ3) is 4.67. The van der Waals surface area contributed by atoms with Gasteiger partial charge in [0.25, 0.3) is 0 Å². The van der Waals surface area contributed by atoms with Gasteiger partial charge in [-0.15, -0.1) is 11.3 Å². The maximum Gasteiger partial charge on any atom is 0.415 e. The molecular formula is C22H28BrFN2O2S. The molecule has 0 radical (unpaired) electrons. The van der Waals surface area contributed by atoms with Gasteiger partial charge in [-0.05, 0) is 23.6 Å². The van der Waals surface area contributed by atoms with E-state index in [1.165, 1.54) is 30.2 Å². The van der Waals surface area contributed by atoms with Gasteiger partial charge in [0.05, 0.1) is 39.3 Å². The summed E-state index contributed by atoms with van der Waals surface area (Å²) in [6.45, 7) is 0.622. The first-order valence-corrected chi connectivity index (χ1v) is 10.9. The normalized spacial score (nSPS) is 24.6. The van der Waals surface area contributed by atoms with Crippen LogP contribution < -0.4 is 21.9 Å². The summed E-state index contributed by atoms with van der Waals surface area (Å²) in [7, 11) is 4.66. The van der Waals surface area contributed by atoms with Crippen LogP contribution in [-0.4, -0.2) is 43.4 Å². The maximum atomic E-state index is 14.1. The van der Waals surface area contributed by atoms with E-state index in [-0.39, 0.29) is 29.3 Å². The summed E-state index contributed by atoms with van der Waals surface area (Å²) in [6, 6.07) is 11.7. The predicted octanol–water partition coefficient (Wildman–Crippen LogP) is 2.05. The summed E-state index contributed by atoms with van der Waals surface area (Å²) >= 11 is 1.46. The Hall–Kier alpha value is -1.44. The number of fused-ring (bicyclic) bond motifs is 2. The number of thiophene rings is 1. The van der Waals surface area contributed by atoms with Crippen LogP contribution >= 0.6 is 11.3 Å². The van der Waals surface area contributed by atoms with Crippen LogP contribution in [0.5, 0.6) is 0 Å². The number of hydrogen-bond donors (Lipinski definition) is 0. The van der Waals surface area contributed by atoms with Gasteiger partial charge in [0.2, 0.25) is 0 Å². The number of anilines is 1. The summed E-state index contributed by atoms with van der Waals surface area (Å²) in [4.78, 5) is 14.4. The van der Waals surface area contributed by atoms with Crippen molar-refractivity contribution in [3.05, 3.63) is 53.2 Å². The van der Waals surface area contributed by atoms with E-state index in [0.29, 0.717) is 30.2 Å². The number of carbonyl (C=O) groups is 1. The minimum absolute atomic E-state index is 0. The van der Waals surface area contributed by atoms with Gasteiger partial charge in [0.1, 0.15) is 10.8 Å². The molecule has 1 unspecified atom stereocenters. The molecule has 3 heterocycles. The molecular weight excluding hydrogens is 455 g/mol. The molecule has 0 N–H and O–H groups in total. The van der Waals surface area contributed by atoms with Gasteiger partial charge in [0, 0.05) is 37.2 Å². The highest BCUT2D eigenvalue weighted by Crippen LogP contribution is 2.42. The Morgan fingerprint density at radius 1 is 1.17 bits per heavy atom. The fraction of sp³-hybridized carbons (Fsp3) is 0.500. The zero-order valence-corrected chi connectivity index (χ0v) is 19.3. The van der Waals surface area contributed by atoms with E-state index in [1.54, 1.807) is 23.1 Å². The highest BCUT2D eigenvalue weighted by Gasteiger charge is 2.49. The molecule has 0 spiro atoms. The number of carbonyl (C=O) groups excluding carboxylic acids is 1. The molecule has 0 aliphatic carbocycles. The molecule has 1 aromatic carbocycles. The Bertz CT molecular complexity index is 814. The molecule has 2 aliphatic rings. The molecule has 1 aromatic heterocycles. The van der Waals surface area contributed by atoms with Crippen LogP contribution in [0.2, 0.25) is 0 Å². The Labute approximate surface area is 186 Å². The second-order valence-electron chi connectivity index (χ2n) is 8.56. The summed E-state index contributed by atoms with van der Waals surface area (Å²) in [5.41, 5.74) is 0.489. The number of amides is 1. The Morgan fingerprint density at radius 3 is 2.48 bits per heavy atom. The number of halogens is 2. The lowest BCUT2D eigenvalue weighted by atomic mass is 9.90. The molecule has 1 amide bonds. The van der Waals surface area contributed by atoms with Gasteiger partial charge in [-0.1, -0.05) is 18.2 Å². The Kier molecular flexibility index (Phi) is 7.02. The van der Waals surface area contributed by atoms with Crippen molar-refractivity contribution < 1.29 is 35.4 Å². The van der Waals surface area contributed by atoms with Gasteiger partial charge in [-0.25, -0.2) is 9.18 Å². The average Bonchev–Trinajstić information content (AvgIpc) is 3.21. The Balaban J connectivity index is 0.00000240. The van der Waals surface area contributed by atoms with E-state index in [4.69, 9.17) is 4.74 Å². The van der Waals surface area contributed by atoms with Crippen molar-refractivity contribution in [2.24, 2.45) is 5.92 Å². The summed E-state index contributed by atoms with van der Waals surface area (Å²) < 4.78 is 21.0. The SMILES string of the molecule is C[N+]1(C)[C@@H]2CC[C@H]1CC(COC(=O)N(Cc1ccccc1F)c1cccs1)C2.[Br-]. The molecule has 3 atom stereocenters. The quantitative estimate of drug-likeness (QED) is 0.610. The van der Waals surface area contributed by atoms with Gasteiger partial charge >= 0.3 is 6.09 Å². The number of nitrogens with zero attached hydrogens (tertiary/aromatic N) is 2. The van der Waals surface area contributed by atoms with Gasteiger partial charge in [0.15, 0.2) is 0 Å². The minimum atomic E-state index is -0.391. The number of quaternary nitrogens is 1. The lowest BCUT2D eigenvalue weighted by molar-refractivity contribution is -0.931. The van der Waals surface area contributed by atoms with Crippen molar-refractivity contribution in [1.82, 2.24) is 0 Å². The van der Waals surface area contributed by atoms with Gasteiger partial charge < -0.3 is 26.2 Å². The third-order valence-electron chi connectivity index (χ3n) is 6.65. The van der Waals surface area contributed by atoms with Gasteiger partial charge in [-0.3, -0.25) is 4.90 Å². The highest BCUT2D eigenvalue weighted by atomic mass is 79.9. The van der Waals surface area contributed by atoms with Crippen LogP contribution in [0.15, 0.2) is 41.8 Å². The van der Waals surface area contributed by atoms with Crippen molar-refractivity contribution in [3.63, 3.8) is 0 Å². The lowest BCUT2D eigenvalue weighted by Gasteiger charge is -2.44. The molecule has 2 fully saturated rings. The molecule has 2 bridgehead atoms. The molecule has 0 saturated carbocycles. The van der Waals surface area contributed by atoms with Crippen molar-refractivity contribution in [3.8, 4) is 0 Å². The largest absolute Gasteiger partial charge is 1.00 e. The van der Waals surface area contributed by atoms with Crippen LogP contribution in [0.25, 0.3) is 0 Å². The molecule has 29 heavy (non-hydrogen) atoms. The van der Waals surface area contributed by atoms with E-state index in [1.807, 2.05) is 17.5 Å². The first kappa shape index (κ1) is 22.2. The van der Waals surface area contributed by atoms with Crippen molar-refractivity contribution in [1.29, 1.82) is 0 Å². The Morgan fingerprint density at radius 2 is 1.86 bits per heavy atom. The van der Waals surface area contributed by atoms with E-state index < -0.39 is 6.09 Å². The number of ether oxygens (including phenoxy) is 1. The summed E-state index contributed by atoms with van der Waals surface area (Å²) in [5, 5.41) is 2.69. The van der Waals surface area contributed by atoms with Crippen molar-refractivity contribution in [2.45, 2.75) is 44.3 Å². The second-order valence-corrected chi connectivity index (χ2v) is 9.48. The zero-order valence-electron chi connectivity index (χ0n) is 16.9. The van der Waals surface area contributed by atoms with Crippen LogP contribution in [0.1, 0.15) is 31.2 Å². The monoisotopic (exact) mass is 482 g/mol. The molecule has 158 valence electrons. The first-order chi connectivity index (χ1) is 13.4. The number of hydrogen-bond acceptors (Lipinski definition) is 3. The van der Waals surface area contributed by atoms with E-state index in [9.17, 15) is 9.18 Å². The standard InChI is InChI=1S/C22H28FN2O2S.BrH/c1-25(2)18-9-10-19(25)13-16(12-18)15-27-22(26)24(21-8-5-11-28-21)14-17-6-3-4-7-20(17)23;/h3-8,11,16,18-19H,9-10,12-15H2,1-2H3;1H/q+1;/p-1/t16?,18-,19+;. The summed E-state index contributed by atoms with van der Waals surface area (Å²) in [6.07, 6.45) is 4.39. The smallest absolute Gasteiger partial charge is 0.415 e. The van der Waals surface area contributed by atoms with Crippen LogP contribution in [0, 0.1) is 11.7 Å². The molecule has 2 aromatic rings.